The third-order valence-electron chi connectivity index (χ3n) is 9.29. The number of amides is 4. The van der Waals surface area contributed by atoms with Gasteiger partial charge in [-0.1, -0.05) is 18.2 Å². The molecule has 13 nitrogen and oxygen atoms in total. The van der Waals surface area contributed by atoms with Crippen molar-refractivity contribution in [2.24, 2.45) is 0 Å². The third-order valence-corrected chi connectivity index (χ3v) is 9.29. The molecule has 0 bridgehead atoms. The number of hydrogen-bond donors (Lipinski definition) is 2. The molecular weight excluding hydrogens is 580 g/mol. The lowest BCUT2D eigenvalue weighted by atomic mass is 10.0. The molecule has 2 N–H and O–H groups in total. The van der Waals surface area contributed by atoms with E-state index in [4.69, 9.17) is 14.2 Å². The first kappa shape index (κ1) is 33.1. The molecule has 248 valence electrons. The van der Waals surface area contributed by atoms with E-state index < -0.39 is 6.04 Å². The minimum Gasteiger partial charge on any atom is -0.484 e. The Labute approximate surface area is 265 Å². The molecule has 0 spiro atoms. The van der Waals surface area contributed by atoms with Crippen LogP contribution in [0.4, 0.5) is 0 Å². The summed E-state index contributed by atoms with van der Waals surface area (Å²) in [5, 5.41) is 6.65. The Morgan fingerprint density at radius 2 is 1.62 bits per heavy atom. The minimum atomic E-state index is -0.667. The number of nitrogens with zero attached hydrogens (tertiary/aromatic N) is 4. The summed E-state index contributed by atoms with van der Waals surface area (Å²) in [7, 11) is 2.11. The van der Waals surface area contributed by atoms with Crippen LogP contribution >= 0.6 is 0 Å². The highest BCUT2D eigenvalue weighted by molar-refractivity contribution is 5.91. The van der Waals surface area contributed by atoms with Crippen molar-refractivity contribution in [2.45, 2.75) is 56.3 Å². The Morgan fingerprint density at radius 3 is 2.38 bits per heavy atom. The standard InChI is InChI=1S/C32H48N6O7/c1-35-13-7-24(8-14-35)34-27-11-17-37-28(39)21-38(30(41)22-44-20-19-43-18-12-33-32(42)31(27)37)25-9-15-36(16-10-25)29(40)23-45-26-5-3-2-4-6-26/h2-6,24-25,27,31,34H,7-23H2,1H3,(H,33,42)/t27-,31+/m1/s1. The molecule has 0 unspecified atom stereocenters. The van der Waals surface area contributed by atoms with Gasteiger partial charge in [0.2, 0.25) is 17.7 Å². The van der Waals surface area contributed by atoms with Gasteiger partial charge in [0.05, 0.1) is 19.8 Å². The fourth-order valence-electron chi connectivity index (χ4n) is 6.70. The van der Waals surface area contributed by atoms with Gasteiger partial charge < -0.3 is 44.4 Å². The molecule has 1 aromatic carbocycles. The molecule has 13 heteroatoms. The summed E-state index contributed by atoms with van der Waals surface area (Å²) in [4.78, 5) is 61.0. The van der Waals surface area contributed by atoms with Crippen molar-refractivity contribution in [1.29, 1.82) is 0 Å². The van der Waals surface area contributed by atoms with E-state index in [0.29, 0.717) is 64.4 Å². The molecule has 45 heavy (non-hydrogen) atoms. The van der Waals surface area contributed by atoms with Gasteiger partial charge in [-0.15, -0.1) is 0 Å². The van der Waals surface area contributed by atoms with Gasteiger partial charge in [0, 0.05) is 44.3 Å². The van der Waals surface area contributed by atoms with Crippen molar-refractivity contribution in [3.8, 4) is 5.75 Å². The van der Waals surface area contributed by atoms with Crippen LogP contribution in [0.2, 0.25) is 0 Å². The Bertz CT molecular complexity index is 1140. The fraction of sp³-hybridized carbons (Fsp3) is 0.688. The first-order chi connectivity index (χ1) is 21.9. The Balaban J connectivity index is 1.24. The van der Waals surface area contributed by atoms with Crippen LogP contribution in [0.15, 0.2) is 30.3 Å². The van der Waals surface area contributed by atoms with Crippen molar-refractivity contribution in [1.82, 2.24) is 30.2 Å². The number of carbonyl (C=O) groups excluding carboxylic acids is 4. The van der Waals surface area contributed by atoms with Crippen LogP contribution in [0.25, 0.3) is 0 Å². The highest BCUT2D eigenvalue weighted by Crippen LogP contribution is 2.24. The van der Waals surface area contributed by atoms with Gasteiger partial charge in [0.1, 0.15) is 24.9 Å². The predicted molar refractivity (Wildman–Crippen MR) is 165 cm³/mol. The van der Waals surface area contributed by atoms with Crippen molar-refractivity contribution in [2.75, 3.05) is 85.9 Å². The third kappa shape index (κ3) is 9.15. The van der Waals surface area contributed by atoms with E-state index in [1.165, 1.54) is 0 Å². The van der Waals surface area contributed by atoms with Crippen molar-refractivity contribution < 1.29 is 33.4 Å². The van der Waals surface area contributed by atoms with E-state index in [1.54, 1.807) is 26.8 Å². The van der Waals surface area contributed by atoms with Crippen LogP contribution in [-0.2, 0) is 28.7 Å². The molecule has 1 aromatic rings. The topological polar surface area (TPSA) is 133 Å². The maximum Gasteiger partial charge on any atom is 0.260 e. The zero-order chi connectivity index (χ0) is 31.6. The summed E-state index contributed by atoms with van der Waals surface area (Å²) < 4.78 is 16.8. The van der Waals surface area contributed by atoms with E-state index in [2.05, 4.69) is 22.6 Å². The van der Waals surface area contributed by atoms with Crippen LogP contribution in [0, 0.1) is 0 Å². The summed E-state index contributed by atoms with van der Waals surface area (Å²) in [5.74, 6) is -0.222. The lowest BCUT2D eigenvalue weighted by Crippen LogP contribution is -2.59. The van der Waals surface area contributed by atoms with Crippen LogP contribution in [0.3, 0.4) is 0 Å². The van der Waals surface area contributed by atoms with Gasteiger partial charge in [-0.25, -0.2) is 0 Å². The predicted octanol–water partition coefficient (Wildman–Crippen LogP) is -0.299. The number of rotatable bonds is 6. The van der Waals surface area contributed by atoms with Crippen molar-refractivity contribution in [3.05, 3.63) is 30.3 Å². The summed E-state index contributed by atoms with van der Waals surface area (Å²) in [6.45, 7) is 4.12. The number of ether oxygens (including phenoxy) is 3. The van der Waals surface area contributed by atoms with Gasteiger partial charge in [-0.2, -0.15) is 0 Å². The van der Waals surface area contributed by atoms with Crippen LogP contribution in [-0.4, -0.2) is 153 Å². The van der Waals surface area contributed by atoms with E-state index in [-0.39, 0.29) is 68.1 Å². The number of likely N-dealkylation sites (tertiary alicyclic amines) is 2. The molecule has 0 aromatic heterocycles. The molecule has 0 aliphatic carbocycles. The Hall–Kier alpha value is -3.26. The van der Waals surface area contributed by atoms with Gasteiger partial charge in [0.25, 0.3) is 5.91 Å². The second-order valence-electron chi connectivity index (χ2n) is 12.4. The quantitative estimate of drug-likeness (QED) is 0.436. The fourth-order valence-corrected chi connectivity index (χ4v) is 6.70. The Kier molecular flexibility index (Phi) is 12.0. The van der Waals surface area contributed by atoms with Gasteiger partial charge in [-0.3, -0.25) is 19.2 Å². The number of benzene rings is 1. The first-order valence-electron chi connectivity index (χ1n) is 16.3. The molecule has 4 saturated heterocycles. The molecule has 5 rings (SSSR count). The number of fused-ring (bicyclic) bond motifs is 1. The maximum atomic E-state index is 13.9. The molecule has 0 saturated carbocycles. The van der Waals surface area contributed by atoms with E-state index in [9.17, 15) is 19.2 Å². The largest absolute Gasteiger partial charge is 0.484 e. The summed E-state index contributed by atoms with van der Waals surface area (Å²) >= 11 is 0. The lowest BCUT2D eigenvalue weighted by Gasteiger charge is -2.39. The second kappa shape index (κ2) is 16.3. The van der Waals surface area contributed by atoms with Gasteiger partial charge in [0.15, 0.2) is 6.61 Å². The molecule has 4 aliphatic heterocycles. The Morgan fingerprint density at radius 1 is 0.889 bits per heavy atom. The summed E-state index contributed by atoms with van der Waals surface area (Å²) in [5.41, 5.74) is 0. The van der Waals surface area contributed by atoms with Gasteiger partial charge in [-0.05, 0) is 64.4 Å². The minimum absolute atomic E-state index is 0.0586. The average Bonchev–Trinajstić information content (AvgIpc) is 3.48. The summed E-state index contributed by atoms with van der Waals surface area (Å²) in [6.07, 6.45) is 3.71. The number of hydrogen-bond acceptors (Lipinski definition) is 9. The van der Waals surface area contributed by atoms with Crippen LogP contribution in [0.5, 0.6) is 5.75 Å². The monoisotopic (exact) mass is 628 g/mol. The number of piperidine rings is 2. The molecule has 4 amide bonds. The van der Waals surface area contributed by atoms with E-state index in [0.717, 1.165) is 25.9 Å². The molecule has 4 heterocycles. The second-order valence-corrected chi connectivity index (χ2v) is 12.4. The number of nitrogens with one attached hydrogen (secondary N) is 2. The molecule has 4 fully saturated rings. The van der Waals surface area contributed by atoms with Crippen LogP contribution < -0.4 is 15.4 Å². The zero-order valence-corrected chi connectivity index (χ0v) is 26.4. The molecule has 2 atom stereocenters. The normalized spacial score (nSPS) is 25.8. The molecule has 0 radical (unpaired) electrons. The van der Waals surface area contributed by atoms with E-state index >= 15 is 0 Å². The lowest BCUT2D eigenvalue weighted by molar-refractivity contribution is -0.149. The highest BCUT2D eigenvalue weighted by atomic mass is 16.5. The number of carbonyl (C=O) groups is 4. The SMILES string of the molecule is CN1CCC(N[C@@H]2CCN3C(=O)CN(C4CCN(C(=O)COc5ccccc5)CC4)C(=O)COCCOCCNC(=O)[C@H]23)CC1. The van der Waals surface area contributed by atoms with E-state index in [1.807, 2.05) is 18.2 Å². The molecular formula is C32H48N6O7. The highest BCUT2D eigenvalue weighted by Gasteiger charge is 2.43. The van der Waals surface area contributed by atoms with Crippen molar-refractivity contribution >= 4 is 23.6 Å². The van der Waals surface area contributed by atoms with Crippen LogP contribution in [0.1, 0.15) is 32.1 Å². The summed E-state index contributed by atoms with van der Waals surface area (Å²) in [6, 6.07) is 8.42. The molecule has 4 aliphatic rings. The average molecular weight is 629 g/mol. The van der Waals surface area contributed by atoms with Crippen molar-refractivity contribution in [3.63, 3.8) is 0 Å². The first-order valence-corrected chi connectivity index (χ1v) is 16.3. The van der Waals surface area contributed by atoms with Gasteiger partial charge >= 0.3 is 0 Å². The smallest absolute Gasteiger partial charge is 0.260 e. The number of para-hydroxylation sites is 1. The maximum absolute atomic E-state index is 13.9. The zero-order valence-electron chi connectivity index (χ0n) is 26.4.